The summed E-state index contributed by atoms with van der Waals surface area (Å²) in [6.07, 6.45) is 1.02. The van der Waals surface area contributed by atoms with Crippen LogP contribution in [-0.2, 0) is 27.2 Å². The Morgan fingerprint density at radius 1 is 1.27 bits per heavy atom. The summed E-state index contributed by atoms with van der Waals surface area (Å²) in [6, 6.07) is 5.70. The van der Waals surface area contributed by atoms with Gasteiger partial charge in [-0.25, -0.2) is 4.98 Å². The van der Waals surface area contributed by atoms with Crippen LogP contribution in [0, 0.1) is 0 Å². The molecule has 3 rings (SSSR count). The first kappa shape index (κ1) is 18.2. The second-order valence-electron chi connectivity index (χ2n) is 5.65. The molecule has 1 aromatic carbocycles. The fourth-order valence-corrected chi connectivity index (χ4v) is 3.21. The highest BCUT2D eigenvalue weighted by Crippen LogP contribution is 2.31. The molecule has 1 aliphatic rings. The van der Waals surface area contributed by atoms with Crippen LogP contribution in [0.1, 0.15) is 24.6 Å². The molecule has 0 unspecified atom stereocenters. The molecule has 2 aromatic rings. The number of fused-ring (bicyclic) bond motifs is 1. The molecule has 0 radical (unpaired) electrons. The molecule has 0 fully saturated rings. The molecule has 7 nitrogen and oxygen atoms in total. The molecule has 0 aliphatic carbocycles. The summed E-state index contributed by atoms with van der Waals surface area (Å²) < 4.78 is 15.9. The van der Waals surface area contributed by atoms with Crippen molar-refractivity contribution < 1.29 is 23.8 Å². The minimum atomic E-state index is -0.325. The standard InChI is InChI=1S/C18H20N2O5S/c1-2-23-17(22)10-13-11-26-18(19-13)20-16(21)6-4-12-3-5-14-15(9-12)25-8-7-24-14/h3,5,9,11H,2,4,6-8,10H2,1H3,(H,19,20,21). The second kappa shape index (κ2) is 8.66. The zero-order valence-electron chi connectivity index (χ0n) is 14.4. The molecular formula is C18H20N2O5S. The molecule has 2 heterocycles. The van der Waals surface area contributed by atoms with Crippen LogP contribution in [0.15, 0.2) is 23.6 Å². The topological polar surface area (TPSA) is 86.8 Å². The van der Waals surface area contributed by atoms with E-state index in [1.165, 1.54) is 11.3 Å². The summed E-state index contributed by atoms with van der Waals surface area (Å²) in [5, 5.41) is 4.99. The van der Waals surface area contributed by atoms with Crippen molar-refractivity contribution in [3.05, 3.63) is 34.8 Å². The number of benzene rings is 1. The molecule has 1 aromatic heterocycles. The fraction of sp³-hybridized carbons (Fsp3) is 0.389. The van der Waals surface area contributed by atoms with Gasteiger partial charge >= 0.3 is 5.97 Å². The number of aromatic nitrogens is 1. The minimum absolute atomic E-state index is 0.109. The number of rotatable bonds is 7. The third-order valence-electron chi connectivity index (χ3n) is 3.68. The van der Waals surface area contributed by atoms with E-state index in [2.05, 4.69) is 10.3 Å². The van der Waals surface area contributed by atoms with Gasteiger partial charge in [0, 0.05) is 11.8 Å². The molecule has 1 aliphatic heterocycles. The molecule has 0 saturated heterocycles. The number of carbonyl (C=O) groups is 2. The predicted molar refractivity (Wildman–Crippen MR) is 96.8 cm³/mol. The second-order valence-corrected chi connectivity index (χ2v) is 6.51. The van der Waals surface area contributed by atoms with Gasteiger partial charge in [0.1, 0.15) is 13.2 Å². The monoisotopic (exact) mass is 376 g/mol. The molecule has 8 heteroatoms. The van der Waals surface area contributed by atoms with Crippen molar-refractivity contribution in [1.29, 1.82) is 0 Å². The van der Waals surface area contributed by atoms with Crippen molar-refractivity contribution in [1.82, 2.24) is 4.98 Å². The van der Waals surface area contributed by atoms with Crippen molar-refractivity contribution >= 4 is 28.3 Å². The lowest BCUT2D eigenvalue weighted by molar-refractivity contribution is -0.142. The number of nitrogens with zero attached hydrogens (tertiary/aromatic N) is 1. The predicted octanol–water partition coefficient (Wildman–Crippen LogP) is 2.59. The lowest BCUT2D eigenvalue weighted by atomic mass is 10.1. The summed E-state index contributed by atoms with van der Waals surface area (Å²) in [4.78, 5) is 27.8. The number of nitrogens with one attached hydrogen (secondary N) is 1. The summed E-state index contributed by atoms with van der Waals surface area (Å²) in [7, 11) is 0. The summed E-state index contributed by atoms with van der Waals surface area (Å²) >= 11 is 1.29. The van der Waals surface area contributed by atoms with Gasteiger partial charge < -0.3 is 19.5 Å². The van der Waals surface area contributed by atoms with E-state index in [9.17, 15) is 9.59 Å². The van der Waals surface area contributed by atoms with Crippen molar-refractivity contribution in [2.75, 3.05) is 25.1 Å². The maximum Gasteiger partial charge on any atom is 0.311 e. The Morgan fingerprint density at radius 3 is 2.88 bits per heavy atom. The molecule has 0 spiro atoms. The third kappa shape index (κ3) is 4.95. The first-order valence-corrected chi connectivity index (χ1v) is 9.30. The average Bonchev–Trinajstić information content (AvgIpc) is 3.06. The molecular weight excluding hydrogens is 356 g/mol. The Labute approximate surface area is 155 Å². The summed E-state index contributed by atoms with van der Waals surface area (Å²) in [5.74, 6) is 1.00. The number of hydrogen-bond acceptors (Lipinski definition) is 7. The van der Waals surface area contributed by atoms with Crippen molar-refractivity contribution in [2.24, 2.45) is 0 Å². The molecule has 0 saturated carbocycles. The van der Waals surface area contributed by atoms with Crippen molar-refractivity contribution in [2.45, 2.75) is 26.2 Å². The van der Waals surface area contributed by atoms with Gasteiger partial charge in [-0.3, -0.25) is 9.59 Å². The van der Waals surface area contributed by atoms with E-state index in [-0.39, 0.29) is 18.3 Å². The van der Waals surface area contributed by atoms with E-state index in [1.54, 1.807) is 12.3 Å². The van der Waals surface area contributed by atoms with Gasteiger partial charge in [0.25, 0.3) is 0 Å². The van der Waals surface area contributed by atoms with Crippen LogP contribution in [0.2, 0.25) is 0 Å². The lowest BCUT2D eigenvalue weighted by Gasteiger charge is -2.18. The molecule has 26 heavy (non-hydrogen) atoms. The average molecular weight is 376 g/mol. The first-order valence-electron chi connectivity index (χ1n) is 8.42. The van der Waals surface area contributed by atoms with E-state index in [0.717, 1.165) is 17.1 Å². The van der Waals surface area contributed by atoms with E-state index < -0.39 is 0 Å². The lowest BCUT2D eigenvalue weighted by Crippen LogP contribution is -2.16. The highest BCUT2D eigenvalue weighted by Gasteiger charge is 2.13. The maximum atomic E-state index is 12.1. The van der Waals surface area contributed by atoms with Gasteiger partial charge in [-0.15, -0.1) is 11.3 Å². The zero-order valence-corrected chi connectivity index (χ0v) is 15.3. The van der Waals surface area contributed by atoms with Gasteiger partial charge in [-0.05, 0) is 31.0 Å². The first-order chi connectivity index (χ1) is 12.6. The van der Waals surface area contributed by atoms with Gasteiger partial charge in [0.15, 0.2) is 16.6 Å². The number of esters is 1. The van der Waals surface area contributed by atoms with Crippen molar-refractivity contribution in [3.8, 4) is 11.5 Å². The van der Waals surface area contributed by atoms with E-state index in [1.807, 2.05) is 18.2 Å². The Morgan fingerprint density at radius 2 is 2.08 bits per heavy atom. The molecule has 1 amide bonds. The van der Waals surface area contributed by atoms with Gasteiger partial charge in [-0.1, -0.05) is 6.07 Å². The smallest absolute Gasteiger partial charge is 0.311 e. The van der Waals surface area contributed by atoms with E-state index in [4.69, 9.17) is 14.2 Å². The number of amides is 1. The van der Waals surface area contributed by atoms with Crippen LogP contribution in [0.4, 0.5) is 5.13 Å². The molecule has 0 atom stereocenters. The van der Waals surface area contributed by atoms with E-state index >= 15 is 0 Å². The zero-order chi connectivity index (χ0) is 18.4. The van der Waals surface area contributed by atoms with Crippen LogP contribution in [-0.4, -0.2) is 36.7 Å². The number of aryl methyl sites for hydroxylation is 1. The van der Waals surface area contributed by atoms with Crippen LogP contribution < -0.4 is 14.8 Å². The maximum absolute atomic E-state index is 12.1. The van der Waals surface area contributed by atoms with Crippen molar-refractivity contribution in [3.63, 3.8) is 0 Å². The SMILES string of the molecule is CCOC(=O)Cc1csc(NC(=O)CCc2ccc3c(c2)OCCO3)n1. The van der Waals surface area contributed by atoms with Crippen LogP contribution >= 0.6 is 11.3 Å². The highest BCUT2D eigenvalue weighted by atomic mass is 32.1. The Kier molecular flexibility index (Phi) is 6.06. The van der Waals surface area contributed by atoms with Gasteiger partial charge in [-0.2, -0.15) is 0 Å². The number of hydrogen-bond donors (Lipinski definition) is 1. The summed E-state index contributed by atoms with van der Waals surface area (Å²) in [6.45, 7) is 3.19. The minimum Gasteiger partial charge on any atom is -0.486 e. The number of ether oxygens (including phenoxy) is 3. The molecule has 1 N–H and O–H groups in total. The molecule has 138 valence electrons. The van der Waals surface area contributed by atoms with Crippen LogP contribution in [0.25, 0.3) is 0 Å². The van der Waals surface area contributed by atoms with Gasteiger partial charge in [0.05, 0.1) is 18.7 Å². The Bertz CT molecular complexity index is 790. The van der Waals surface area contributed by atoms with Crippen LogP contribution in [0.5, 0.6) is 11.5 Å². The number of thiazole rings is 1. The highest BCUT2D eigenvalue weighted by molar-refractivity contribution is 7.13. The molecule has 0 bridgehead atoms. The van der Waals surface area contributed by atoms with Crippen LogP contribution in [0.3, 0.4) is 0 Å². The normalized spacial score (nSPS) is 12.5. The van der Waals surface area contributed by atoms with Gasteiger partial charge in [0.2, 0.25) is 5.91 Å². The third-order valence-corrected chi connectivity index (χ3v) is 4.48. The fourth-order valence-electron chi connectivity index (χ4n) is 2.49. The van der Waals surface area contributed by atoms with E-state index in [0.29, 0.717) is 43.5 Å². The number of carbonyl (C=O) groups excluding carboxylic acids is 2. The summed E-state index contributed by atoms with van der Waals surface area (Å²) in [5.41, 5.74) is 1.60. The Balaban J connectivity index is 1.48. The quantitative estimate of drug-likeness (QED) is 0.748. The Hall–Kier alpha value is -2.61. The number of anilines is 1. The largest absolute Gasteiger partial charge is 0.486 e.